The molecule has 152 valence electrons. The second kappa shape index (κ2) is 8.82. The van der Waals surface area contributed by atoms with Gasteiger partial charge in [0.25, 0.3) is 5.91 Å². The molecule has 0 radical (unpaired) electrons. The van der Waals surface area contributed by atoms with Gasteiger partial charge in [0.05, 0.1) is 11.1 Å². The van der Waals surface area contributed by atoms with Crippen molar-refractivity contribution in [3.63, 3.8) is 0 Å². The van der Waals surface area contributed by atoms with E-state index in [0.29, 0.717) is 11.1 Å². The molecule has 0 spiro atoms. The van der Waals surface area contributed by atoms with Gasteiger partial charge in [0.15, 0.2) is 0 Å². The Morgan fingerprint density at radius 2 is 1.73 bits per heavy atom. The van der Waals surface area contributed by atoms with Crippen molar-refractivity contribution in [3.8, 4) is 11.4 Å². The average Bonchev–Trinajstić information content (AvgIpc) is 3.21. The number of rotatable bonds is 8. The number of aromatic nitrogens is 2. The van der Waals surface area contributed by atoms with Gasteiger partial charge in [0.2, 0.25) is 0 Å². The summed E-state index contributed by atoms with van der Waals surface area (Å²) >= 11 is 0. The molecule has 30 heavy (non-hydrogen) atoms. The predicted molar refractivity (Wildman–Crippen MR) is 122 cm³/mol. The number of para-hydroxylation sites is 1. The maximum atomic E-state index is 11.6. The zero-order valence-corrected chi connectivity index (χ0v) is 17.1. The number of nitrogens with one attached hydrogen (secondary N) is 2. The smallest absolute Gasteiger partial charge is 0.250 e. The fourth-order valence-electron chi connectivity index (χ4n) is 3.52. The van der Waals surface area contributed by atoms with Crippen LogP contribution in [0.15, 0.2) is 66.7 Å². The molecule has 4 rings (SSSR count). The molecule has 0 saturated carbocycles. The van der Waals surface area contributed by atoms with E-state index in [1.54, 1.807) is 12.1 Å². The molecule has 0 bridgehead atoms. The molecule has 0 fully saturated rings. The number of nitrogens with zero attached hydrogens (tertiary/aromatic N) is 1. The number of imidazole rings is 1. The highest BCUT2D eigenvalue weighted by Gasteiger charge is 2.12. The molecule has 3 aromatic carbocycles. The van der Waals surface area contributed by atoms with Crippen LogP contribution in [0.2, 0.25) is 0 Å². The number of anilines is 1. The molecule has 0 aliphatic heterocycles. The minimum Gasteiger partial charge on any atom is -0.381 e. The molecule has 0 saturated heterocycles. The summed E-state index contributed by atoms with van der Waals surface area (Å²) in [4.78, 5) is 19.5. The van der Waals surface area contributed by atoms with Crippen LogP contribution in [0.3, 0.4) is 0 Å². The van der Waals surface area contributed by atoms with E-state index in [4.69, 9.17) is 5.73 Å². The molecule has 0 aliphatic rings. The molecule has 4 aromatic rings. The standard InChI is InChI=1S/C25H26N4O/c1-2-3-5-17-10-14-20(15-11-17)27-16-18-8-12-19(13-9-18)25-28-22-7-4-6-21(24(26)30)23(22)29-25/h4,6-15,27H,2-3,5,16H2,1H3,(H2,26,30)(H,28,29). The van der Waals surface area contributed by atoms with E-state index in [-0.39, 0.29) is 0 Å². The summed E-state index contributed by atoms with van der Waals surface area (Å²) in [6.07, 6.45) is 3.59. The Kier molecular flexibility index (Phi) is 5.80. The molecule has 1 amide bonds. The summed E-state index contributed by atoms with van der Waals surface area (Å²) in [6, 6.07) is 22.3. The van der Waals surface area contributed by atoms with E-state index in [0.717, 1.165) is 35.6 Å². The lowest BCUT2D eigenvalue weighted by atomic mass is 10.1. The predicted octanol–water partition coefficient (Wildman–Crippen LogP) is 5.28. The van der Waals surface area contributed by atoms with Crippen LogP contribution in [-0.4, -0.2) is 15.9 Å². The monoisotopic (exact) mass is 398 g/mol. The Balaban J connectivity index is 1.44. The number of aryl methyl sites for hydroxylation is 1. The molecule has 5 heteroatoms. The van der Waals surface area contributed by atoms with Crippen LogP contribution in [-0.2, 0) is 13.0 Å². The van der Waals surface area contributed by atoms with Crippen LogP contribution in [0.1, 0.15) is 41.3 Å². The molecular weight excluding hydrogens is 372 g/mol. The Labute approximate surface area is 176 Å². The SMILES string of the molecule is CCCCc1ccc(NCc2ccc(-c3nc4c(C(N)=O)cccc4[nH]3)cc2)cc1. The van der Waals surface area contributed by atoms with E-state index in [2.05, 4.69) is 58.6 Å². The number of aromatic amines is 1. The first-order valence-electron chi connectivity index (χ1n) is 10.3. The highest BCUT2D eigenvalue weighted by molar-refractivity contribution is 6.04. The Hall–Kier alpha value is -3.60. The zero-order chi connectivity index (χ0) is 20.9. The molecule has 0 unspecified atom stereocenters. The van der Waals surface area contributed by atoms with Crippen LogP contribution in [0.25, 0.3) is 22.4 Å². The van der Waals surface area contributed by atoms with Crippen LogP contribution in [0.5, 0.6) is 0 Å². The third kappa shape index (κ3) is 4.35. The van der Waals surface area contributed by atoms with Crippen molar-refractivity contribution in [1.82, 2.24) is 9.97 Å². The topological polar surface area (TPSA) is 83.8 Å². The van der Waals surface area contributed by atoms with E-state index in [9.17, 15) is 4.79 Å². The molecule has 1 aromatic heterocycles. The van der Waals surface area contributed by atoms with Crippen molar-refractivity contribution in [2.45, 2.75) is 32.7 Å². The summed E-state index contributed by atoms with van der Waals surface area (Å²) in [6.45, 7) is 2.97. The highest BCUT2D eigenvalue weighted by atomic mass is 16.1. The summed E-state index contributed by atoms with van der Waals surface area (Å²) in [5.41, 5.74) is 11.9. The molecule has 0 aliphatic carbocycles. The van der Waals surface area contributed by atoms with Gasteiger partial charge in [-0.3, -0.25) is 4.79 Å². The Morgan fingerprint density at radius 3 is 2.43 bits per heavy atom. The van der Waals surface area contributed by atoms with Crippen molar-refractivity contribution >= 4 is 22.6 Å². The van der Waals surface area contributed by atoms with Crippen molar-refractivity contribution in [2.75, 3.05) is 5.32 Å². The first-order valence-corrected chi connectivity index (χ1v) is 10.3. The van der Waals surface area contributed by atoms with Gasteiger partial charge in [-0.05, 0) is 48.2 Å². The number of H-pyrrole nitrogens is 1. The van der Waals surface area contributed by atoms with E-state index < -0.39 is 5.91 Å². The van der Waals surface area contributed by atoms with Crippen LogP contribution in [0.4, 0.5) is 5.69 Å². The molecule has 0 atom stereocenters. The van der Waals surface area contributed by atoms with Crippen LogP contribution in [0, 0.1) is 0 Å². The molecule has 4 N–H and O–H groups in total. The first kappa shape index (κ1) is 19.7. The van der Waals surface area contributed by atoms with Crippen molar-refractivity contribution in [3.05, 3.63) is 83.4 Å². The van der Waals surface area contributed by atoms with E-state index in [1.165, 1.54) is 24.0 Å². The van der Waals surface area contributed by atoms with Gasteiger partial charge in [0, 0.05) is 17.8 Å². The quantitative estimate of drug-likeness (QED) is 0.377. The van der Waals surface area contributed by atoms with E-state index in [1.807, 2.05) is 18.2 Å². The van der Waals surface area contributed by atoms with Crippen molar-refractivity contribution in [1.29, 1.82) is 0 Å². The van der Waals surface area contributed by atoms with Gasteiger partial charge in [0.1, 0.15) is 11.3 Å². The van der Waals surface area contributed by atoms with Crippen LogP contribution >= 0.6 is 0 Å². The lowest BCUT2D eigenvalue weighted by molar-refractivity contribution is 0.100. The molecule has 5 nitrogen and oxygen atoms in total. The normalized spacial score (nSPS) is 11.0. The second-order valence-corrected chi connectivity index (χ2v) is 7.50. The Bertz CT molecular complexity index is 1140. The minimum atomic E-state index is -0.474. The highest BCUT2D eigenvalue weighted by Crippen LogP contribution is 2.23. The number of carbonyl (C=O) groups is 1. The zero-order valence-electron chi connectivity index (χ0n) is 17.1. The number of carbonyl (C=O) groups excluding carboxylic acids is 1. The van der Waals surface area contributed by atoms with Gasteiger partial charge in [-0.25, -0.2) is 4.98 Å². The lowest BCUT2D eigenvalue weighted by Gasteiger charge is -2.08. The summed E-state index contributed by atoms with van der Waals surface area (Å²) in [7, 11) is 0. The maximum absolute atomic E-state index is 11.6. The number of nitrogens with two attached hydrogens (primary N) is 1. The van der Waals surface area contributed by atoms with E-state index >= 15 is 0 Å². The fraction of sp³-hybridized carbons (Fsp3) is 0.200. The molecule has 1 heterocycles. The van der Waals surface area contributed by atoms with Crippen LogP contribution < -0.4 is 11.1 Å². The largest absolute Gasteiger partial charge is 0.381 e. The third-order valence-electron chi connectivity index (χ3n) is 5.28. The average molecular weight is 399 g/mol. The summed E-state index contributed by atoms with van der Waals surface area (Å²) < 4.78 is 0. The van der Waals surface area contributed by atoms with Gasteiger partial charge in [-0.1, -0.05) is 55.8 Å². The van der Waals surface area contributed by atoms with Gasteiger partial charge >= 0.3 is 0 Å². The fourth-order valence-corrected chi connectivity index (χ4v) is 3.52. The summed E-state index contributed by atoms with van der Waals surface area (Å²) in [5, 5.41) is 3.47. The number of fused-ring (bicyclic) bond motifs is 1. The van der Waals surface area contributed by atoms with Crippen molar-refractivity contribution < 1.29 is 4.79 Å². The van der Waals surface area contributed by atoms with Crippen molar-refractivity contribution in [2.24, 2.45) is 5.73 Å². The number of unbranched alkanes of at least 4 members (excludes halogenated alkanes) is 1. The van der Waals surface area contributed by atoms with Gasteiger partial charge < -0.3 is 16.0 Å². The maximum Gasteiger partial charge on any atom is 0.250 e. The number of amides is 1. The number of hydrogen-bond donors (Lipinski definition) is 3. The number of hydrogen-bond acceptors (Lipinski definition) is 3. The summed E-state index contributed by atoms with van der Waals surface area (Å²) in [5.74, 6) is 0.249. The van der Waals surface area contributed by atoms with Gasteiger partial charge in [-0.2, -0.15) is 0 Å². The second-order valence-electron chi connectivity index (χ2n) is 7.50. The first-order chi connectivity index (χ1) is 14.6. The molecular formula is C25H26N4O. The number of benzene rings is 3. The van der Waals surface area contributed by atoms with Gasteiger partial charge in [-0.15, -0.1) is 0 Å². The third-order valence-corrected chi connectivity index (χ3v) is 5.28. The lowest BCUT2D eigenvalue weighted by Crippen LogP contribution is -2.11. The Morgan fingerprint density at radius 1 is 1.00 bits per heavy atom. The number of primary amides is 1. The minimum absolute atomic E-state index is 0.427.